The number of aromatic nitrogens is 1. The maximum absolute atomic E-state index is 4.33. The first-order chi connectivity index (χ1) is 6.86. The van der Waals surface area contributed by atoms with Gasteiger partial charge in [0, 0.05) is 25.3 Å². The van der Waals surface area contributed by atoms with E-state index >= 15 is 0 Å². The summed E-state index contributed by atoms with van der Waals surface area (Å²) in [5.41, 5.74) is 1.15. The van der Waals surface area contributed by atoms with Gasteiger partial charge >= 0.3 is 0 Å². The molecule has 0 radical (unpaired) electrons. The maximum Gasteiger partial charge on any atom is 0.0543 e. The van der Waals surface area contributed by atoms with Gasteiger partial charge in [-0.05, 0) is 32.1 Å². The summed E-state index contributed by atoms with van der Waals surface area (Å²) in [5, 5.41) is 3.38. The van der Waals surface area contributed by atoms with Gasteiger partial charge in [0.15, 0.2) is 0 Å². The van der Waals surface area contributed by atoms with E-state index in [1.54, 1.807) is 0 Å². The normalized spacial score (nSPS) is 21.7. The lowest BCUT2D eigenvalue weighted by molar-refractivity contribution is 0.246. The Hall–Kier alpha value is -0.930. The lowest BCUT2D eigenvalue weighted by Crippen LogP contribution is -2.33. The van der Waals surface area contributed by atoms with Crippen molar-refractivity contribution in [2.45, 2.75) is 19.0 Å². The zero-order chi connectivity index (χ0) is 9.80. The number of rotatable bonds is 3. The van der Waals surface area contributed by atoms with Crippen LogP contribution in [0, 0.1) is 0 Å². The Bertz CT molecular complexity index is 267. The molecular weight excluding hydrogens is 174 g/mol. The average molecular weight is 191 g/mol. The van der Waals surface area contributed by atoms with E-state index in [0.717, 1.165) is 25.3 Å². The molecule has 2 rings (SSSR count). The highest BCUT2D eigenvalue weighted by Gasteiger charge is 2.18. The first-order valence-electron chi connectivity index (χ1n) is 5.17. The van der Waals surface area contributed by atoms with E-state index in [-0.39, 0.29) is 0 Å². The van der Waals surface area contributed by atoms with E-state index in [1.807, 2.05) is 18.3 Å². The van der Waals surface area contributed by atoms with Crippen molar-refractivity contribution in [3.05, 3.63) is 30.1 Å². The molecule has 1 saturated heterocycles. The van der Waals surface area contributed by atoms with Crippen molar-refractivity contribution in [1.82, 2.24) is 15.2 Å². The summed E-state index contributed by atoms with van der Waals surface area (Å²) < 4.78 is 0. The lowest BCUT2D eigenvalue weighted by atomic mass is 10.2. The van der Waals surface area contributed by atoms with E-state index in [9.17, 15) is 0 Å². The van der Waals surface area contributed by atoms with Crippen LogP contribution >= 0.6 is 0 Å². The topological polar surface area (TPSA) is 28.2 Å². The van der Waals surface area contributed by atoms with Crippen LogP contribution in [-0.2, 0) is 6.54 Å². The van der Waals surface area contributed by atoms with Gasteiger partial charge in [0.1, 0.15) is 0 Å². The van der Waals surface area contributed by atoms with Crippen LogP contribution in [-0.4, -0.2) is 36.1 Å². The Morgan fingerprint density at radius 2 is 2.50 bits per heavy atom. The van der Waals surface area contributed by atoms with E-state index in [1.165, 1.54) is 6.42 Å². The molecule has 1 fully saturated rings. The van der Waals surface area contributed by atoms with Crippen molar-refractivity contribution in [2.75, 3.05) is 20.1 Å². The van der Waals surface area contributed by atoms with Crippen LogP contribution in [0.1, 0.15) is 12.1 Å². The molecule has 14 heavy (non-hydrogen) atoms. The predicted octanol–water partition coefficient (Wildman–Crippen LogP) is 0.875. The second-order valence-electron chi connectivity index (χ2n) is 3.88. The van der Waals surface area contributed by atoms with E-state index in [4.69, 9.17) is 0 Å². The summed E-state index contributed by atoms with van der Waals surface area (Å²) in [6, 6.07) is 6.76. The van der Waals surface area contributed by atoms with Crippen molar-refractivity contribution in [2.24, 2.45) is 0 Å². The monoisotopic (exact) mass is 191 g/mol. The molecule has 1 atom stereocenters. The highest BCUT2D eigenvalue weighted by Crippen LogP contribution is 2.09. The van der Waals surface area contributed by atoms with Gasteiger partial charge in [0.05, 0.1) is 5.69 Å². The molecule has 0 aromatic carbocycles. The van der Waals surface area contributed by atoms with Crippen LogP contribution in [0.3, 0.4) is 0 Å². The Morgan fingerprint density at radius 3 is 3.14 bits per heavy atom. The number of pyridine rings is 1. The molecule has 1 aliphatic heterocycles. The molecule has 1 aromatic heterocycles. The molecule has 76 valence electrons. The second-order valence-corrected chi connectivity index (χ2v) is 3.88. The van der Waals surface area contributed by atoms with Gasteiger partial charge in [-0.2, -0.15) is 0 Å². The molecule has 0 unspecified atom stereocenters. The minimum atomic E-state index is 0.678. The van der Waals surface area contributed by atoms with Crippen LogP contribution in [0.2, 0.25) is 0 Å². The smallest absolute Gasteiger partial charge is 0.0543 e. The molecule has 0 amide bonds. The summed E-state index contributed by atoms with van der Waals surface area (Å²) in [6.45, 7) is 3.22. The van der Waals surface area contributed by atoms with Crippen LogP contribution in [0.5, 0.6) is 0 Å². The van der Waals surface area contributed by atoms with Crippen LogP contribution < -0.4 is 5.32 Å². The Morgan fingerprint density at radius 1 is 1.57 bits per heavy atom. The zero-order valence-electron chi connectivity index (χ0n) is 8.61. The fraction of sp³-hybridized carbons (Fsp3) is 0.545. The highest BCUT2D eigenvalue weighted by atomic mass is 15.2. The molecule has 1 aromatic rings. The fourth-order valence-electron chi connectivity index (χ4n) is 1.89. The summed E-state index contributed by atoms with van der Waals surface area (Å²) in [4.78, 5) is 6.71. The van der Waals surface area contributed by atoms with Gasteiger partial charge in [-0.1, -0.05) is 6.07 Å². The van der Waals surface area contributed by atoms with Crippen LogP contribution in [0.4, 0.5) is 0 Å². The first kappa shape index (κ1) is 9.62. The van der Waals surface area contributed by atoms with Crippen molar-refractivity contribution in [1.29, 1.82) is 0 Å². The van der Waals surface area contributed by atoms with Gasteiger partial charge in [-0.3, -0.25) is 9.88 Å². The third-order valence-corrected chi connectivity index (χ3v) is 2.80. The highest BCUT2D eigenvalue weighted by molar-refractivity contribution is 5.03. The second kappa shape index (κ2) is 4.53. The number of likely N-dealkylation sites (N-methyl/N-ethyl adjacent to an activating group) is 1. The SMILES string of the molecule is CN(Cc1ccccn1)[C@H]1CCNC1. The lowest BCUT2D eigenvalue weighted by Gasteiger charge is -2.22. The Kier molecular flexibility index (Phi) is 3.11. The Labute approximate surface area is 85.1 Å². The minimum absolute atomic E-state index is 0.678. The standard InChI is InChI=1S/C11H17N3/c1-14(11-5-7-12-8-11)9-10-4-2-3-6-13-10/h2-4,6,11-12H,5,7-9H2,1H3/t11-/m0/s1. The van der Waals surface area contributed by atoms with Gasteiger partial charge in [-0.25, -0.2) is 0 Å². The van der Waals surface area contributed by atoms with Crippen molar-refractivity contribution >= 4 is 0 Å². The third kappa shape index (κ3) is 2.30. The van der Waals surface area contributed by atoms with E-state index in [2.05, 4.69) is 28.3 Å². The van der Waals surface area contributed by atoms with E-state index in [0.29, 0.717) is 6.04 Å². The largest absolute Gasteiger partial charge is 0.315 e. The molecule has 1 N–H and O–H groups in total. The van der Waals surface area contributed by atoms with Crippen LogP contribution in [0.15, 0.2) is 24.4 Å². The fourth-order valence-corrected chi connectivity index (χ4v) is 1.89. The zero-order valence-corrected chi connectivity index (χ0v) is 8.61. The Balaban J connectivity index is 1.90. The van der Waals surface area contributed by atoms with Crippen molar-refractivity contribution in [3.63, 3.8) is 0 Å². The van der Waals surface area contributed by atoms with Crippen LogP contribution in [0.25, 0.3) is 0 Å². The maximum atomic E-state index is 4.33. The molecule has 3 nitrogen and oxygen atoms in total. The van der Waals surface area contributed by atoms with Crippen molar-refractivity contribution < 1.29 is 0 Å². The molecule has 0 bridgehead atoms. The molecule has 0 spiro atoms. The van der Waals surface area contributed by atoms with Gasteiger partial charge in [-0.15, -0.1) is 0 Å². The molecule has 2 heterocycles. The van der Waals surface area contributed by atoms with Gasteiger partial charge in [0.2, 0.25) is 0 Å². The molecule has 3 heteroatoms. The minimum Gasteiger partial charge on any atom is -0.315 e. The number of nitrogens with one attached hydrogen (secondary N) is 1. The van der Waals surface area contributed by atoms with Crippen molar-refractivity contribution in [3.8, 4) is 0 Å². The number of hydrogen-bond donors (Lipinski definition) is 1. The quantitative estimate of drug-likeness (QED) is 0.768. The average Bonchev–Trinajstić information content (AvgIpc) is 2.72. The number of hydrogen-bond acceptors (Lipinski definition) is 3. The number of nitrogens with zero attached hydrogens (tertiary/aromatic N) is 2. The van der Waals surface area contributed by atoms with Gasteiger partial charge < -0.3 is 5.32 Å². The summed E-state index contributed by atoms with van der Waals surface area (Å²) in [7, 11) is 2.17. The van der Waals surface area contributed by atoms with E-state index < -0.39 is 0 Å². The summed E-state index contributed by atoms with van der Waals surface area (Å²) in [6.07, 6.45) is 3.11. The summed E-state index contributed by atoms with van der Waals surface area (Å²) in [5.74, 6) is 0. The molecule has 0 saturated carbocycles. The third-order valence-electron chi connectivity index (χ3n) is 2.80. The predicted molar refractivity (Wildman–Crippen MR) is 57.0 cm³/mol. The first-order valence-corrected chi connectivity index (χ1v) is 5.17. The summed E-state index contributed by atoms with van der Waals surface area (Å²) >= 11 is 0. The molecule has 1 aliphatic rings. The molecule has 0 aliphatic carbocycles. The van der Waals surface area contributed by atoms with Gasteiger partial charge in [0.25, 0.3) is 0 Å². The molecular formula is C11H17N3.